The molecule has 0 radical (unpaired) electrons. The van der Waals surface area contributed by atoms with Gasteiger partial charge in [0.2, 0.25) is 0 Å². The van der Waals surface area contributed by atoms with Crippen molar-refractivity contribution in [2.45, 2.75) is 77.4 Å². The summed E-state index contributed by atoms with van der Waals surface area (Å²) in [5.74, 6) is -1.14. The first kappa shape index (κ1) is 27.5. The summed E-state index contributed by atoms with van der Waals surface area (Å²) in [7, 11) is 0. The van der Waals surface area contributed by atoms with Gasteiger partial charge in [-0.2, -0.15) is 0 Å². The van der Waals surface area contributed by atoms with Gasteiger partial charge in [0, 0.05) is 12.7 Å². The molecule has 0 unspecified atom stereocenters. The zero-order chi connectivity index (χ0) is 26.9. The second-order valence-electron chi connectivity index (χ2n) is 11.0. The van der Waals surface area contributed by atoms with Crippen LogP contribution in [0.2, 0.25) is 5.02 Å². The summed E-state index contributed by atoms with van der Waals surface area (Å²) in [6.45, 7) is 10.3. The number of carbonyl (C=O) groups is 3. The van der Waals surface area contributed by atoms with Crippen LogP contribution in [0.3, 0.4) is 0 Å². The zero-order valence-corrected chi connectivity index (χ0v) is 22.3. The second kappa shape index (κ2) is 10.1. The number of aromatic nitrogens is 2. The number of aliphatic carboxylic acids is 1. The van der Waals surface area contributed by atoms with Crippen LogP contribution in [-0.2, 0) is 19.7 Å². The fourth-order valence-corrected chi connectivity index (χ4v) is 4.33. The minimum Gasteiger partial charge on any atom is -0.481 e. The Bertz CT molecular complexity index is 1110. The lowest BCUT2D eigenvalue weighted by Gasteiger charge is -2.28. The lowest BCUT2D eigenvalue weighted by Crippen LogP contribution is -2.44. The maximum Gasteiger partial charge on any atom is 0.419 e. The van der Waals surface area contributed by atoms with Crippen molar-refractivity contribution in [2.24, 2.45) is 5.92 Å². The van der Waals surface area contributed by atoms with Gasteiger partial charge in [0.1, 0.15) is 16.6 Å². The molecular formula is C26H34ClN3O6. The van der Waals surface area contributed by atoms with Gasteiger partial charge in [-0.3, -0.25) is 4.79 Å². The molecule has 1 fully saturated rings. The van der Waals surface area contributed by atoms with E-state index < -0.39 is 34.8 Å². The number of amides is 2. The summed E-state index contributed by atoms with van der Waals surface area (Å²) >= 11 is 6.27. The lowest BCUT2D eigenvalue weighted by atomic mass is 9.97. The summed E-state index contributed by atoms with van der Waals surface area (Å²) in [4.78, 5) is 43.0. The van der Waals surface area contributed by atoms with Gasteiger partial charge in [-0.05, 0) is 78.9 Å². The van der Waals surface area contributed by atoms with Crippen molar-refractivity contribution in [3.63, 3.8) is 0 Å². The van der Waals surface area contributed by atoms with Gasteiger partial charge < -0.3 is 19.1 Å². The van der Waals surface area contributed by atoms with E-state index in [2.05, 4.69) is 4.98 Å². The number of halogens is 1. The van der Waals surface area contributed by atoms with Gasteiger partial charge in [0.05, 0.1) is 22.7 Å². The van der Waals surface area contributed by atoms with Crippen molar-refractivity contribution >= 4 is 29.8 Å². The van der Waals surface area contributed by atoms with Crippen molar-refractivity contribution in [3.05, 3.63) is 47.5 Å². The Morgan fingerprint density at radius 1 is 1.11 bits per heavy atom. The van der Waals surface area contributed by atoms with Crippen LogP contribution in [0.4, 0.5) is 9.59 Å². The number of hydrogen-bond acceptors (Lipinski definition) is 6. The number of benzene rings is 1. The average molecular weight is 520 g/mol. The van der Waals surface area contributed by atoms with E-state index >= 15 is 0 Å². The van der Waals surface area contributed by atoms with Crippen LogP contribution in [0, 0.1) is 5.92 Å². The topological polar surface area (TPSA) is 111 Å². The third-order valence-corrected chi connectivity index (χ3v) is 6.14. The van der Waals surface area contributed by atoms with E-state index in [1.807, 2.05) is 18.2 Å². The monoisotopic (exact) mass is 519 g/mol. The number of carboxylic acids is 1. The van der Waals surface area contributed by atoms with E-state index in [4.69, 9.17) is 21.1 Å². The third-order valence-electron chi connectivity index (χ3n) is 5.82. The first-order valence-electron chi connectivity index (χ1n) is 11.9. The molecule has 196 valence electrons. The molecule has 0 spiro atoms. The molecule has 0 bridgehead atoms. The third kappa shape index (κ3) is 6.37. The molecule has 1 aliphatic carbocycles. The molecule has 0 aliphatic heterocycles. The van der Waals surface area contributed by atoms with Gasteiger partial charge in [0.25, 0.3) is 0 Å². The summed E-state index contributed by atoms with van der Waals surface area (Å²) in [6, 6.07) is 7.24. The van der Waals surface area contributed by atoms with Crippen molar-refractivity contribution in [2.75, 3.05) is 6.54 Å². The molecular weight excluding hydrogens is 486 g/mol. The van der Waals surface area contributed by atoms with Crippen LogP contribution in [0.1, 0.15) is 66.5 Å². The first-order valence-corrected chi connectivity index (χ1v) is 12.3. The van der Waals surface area contributed by atoms with Crippen LogP contribution in [-0.4, -0.2) is 55.5 Å². The summed E-state index contributed by atoms with van der Waals surface area (Å²) in [5, 5.41) is 10.6. The highest BCUT2D eigenvalue weighted by atomic mass is 35.5. The molecule has 1 N–H and O–H groups in total. The summed E-state index contributed by atoms with van der Waals surface area (Å²) in [6.07, 6.45) is 2.95. The zero-order valence-electron chi connectivity index (χ0n) is 21.6. The number of para-hydroxylation sites is 1. The summed E-state index contributed by atoms with van der Waals surface area (Å²) in [5.41, 5.74) is -1.52. The Morgan fingerprint density at radius 3 is 2.22 bits per heavy atom. The molecule has 10 heteroatoms. The van der Waals surface area contributed by atoms with Crippen molar-refractivity contribution in [1.29, 1.82) is 0 Å². The molecule has 1 aromatic heterocycles. The van der Waals surface area contributed by atoms with Crippen LogP contribution in [0.15, 0.2) is 36.8 Å². The van der Waals surface area contributed by atoms with Crippen LogP contribution >= 0.6 is 11.6 Å². The van der Waals surface area contributed by atoms with Gasteiger partial charge in [-0.25, -0.2) is 19.5 Å². The fourth-order valence-electron chi connectivity index (χ4n) is 4.10. The maximum absolute atomic E-state index is 12.7. The molecule has 1 aliphatic rings. The number of carboxylic acid groups (broad SMARTS) is 1. The number of ether oxygens (including phenoxy) is 2. The van der Waals surface area contributed by atoms with E-state index in [-0.39, 0.29) is 12.5 Å². The second-order valence-corrected chi connectivity index (χ2v) is 11.5. The van der Waals surface area contributed by atoms with Crippen LogP contribution in [0.5, 0.6) is 0 Å². The molecule has 1 saturated carbocycles. The van der Waals surface area contributed by atoms with Gasteiger partial charge >= 0.3 is 18.2 Å². The predicted octanol–water partition coefficient (Wildman–Crippen LogP) is 5.82. The van der Waals surface area contributed by atoms with Gasteiger partial charge in [-0.15, -0.1) is 0 Å². The summed E-state index contributed by atoms with van der Waals surface area (Å²) < 4.78 is 12.5. The van der Waals surface area contributed by atoms with Gasteiger partial charge in [-0.1, -0.05) is 23.7 Å². The Hall–Kier alpha value is -3.07. The van der Waals surface area contributed by atoms with Gasteiger partial charge in [0.15, 0.2) is 0 Å². The molecule has 3 rings (SSSR count). The molecule has 2 aromatic rings. The lowest BCUT2D eigenvalue weighted by molar-refractivity contribution is -0.140. The normalized spacial score (nSPS) is 19.5. The van der Waals surface area contributed by atoms with Crippen molar-refractivity contribution < 1.29 is 29.0 Å². The highest BCUT2D eigenvalue weighted by molar-refractivity contribution is 6.32. The molecule has 9 nitrogen and oxygen atoms in total. The van der Waals surface area contributed by atoms with Crippen LogP contribution < -0.4 is 0 Å². The number of imide groups is 1. The standard InChI is InChI=1S/C26H34ClN3O6/c1-24(2,3)35-22(33)30(23(34)36-25(4,5)6)13-9-10-17-14-26(17,21(31)32)20-15-29(16-28-20)19-12-8-7-11-18(19)27/h7-8,11-12,15-17H,9-10,13-14H2,1-6H3,(H,31,32)/t17-,26+/m0/s1. The van der Waals surface area contributed by atoms with Crippen LogP contribution in [0.25, 0.3) is 5.69 Å². The van der Waals surface area contributed by atoms with E-state index in [9.17, 15) is 19.5 Å². The Balaban J connectivity index is 1.70. The van der Waals surface area contributed by atoms with E-state index in [1.165, 1.54) is 0 Å². The molecule has 1 aromatic carbocycles. The largest absolute Gasteiger partial charge is 0.481 e. The predicted molar refractivity (Wildman–Crippen MR) is 134 cm³/mol. The number of imidazole rings is 1. The first-order chi connectivity index (χ1) is 16.6. The quantitative estimate of drug-likeness (QED) is 0.490. The number of hydrogen-bond donors (Lipinski definition) is 1. The minimum atomic E-state index is -1.12. The van der Waals surface area contributed by atoms with E-state index in [1.54, 1.807) is 64.7 Å². The molecule has 36 heavy (non-hydrogen) atoms. The Kier molecular flexibility index (Phi) is 7.74. The average Bonchev–Trinajstić information content (AvgIpc) is 3.26. The minimum absolute atomic E-state index is 0.0457. The number of carbonyl (C=O) groups excluding carboxylic acids is 2. The van der Waals surface area contributed by atoms with E-state index in [0.717, 1.165) is 4.90 Å². The highest BCUT2D eigenvalue weighted by Gasteiger charge is 2.62. The van der Waals surface area contributed by atoms with E-state index in [0.29, 0.717) is 35.7 Å². The number of rotatable bonds is 7. The Labute approximate surface area is 216 Å². The molecule has 2 amide bonds. The fraction of sp³-hybridized carbons (Fsp3) is 0.538. The SMILES string of the molecule is CC(C)(C)OC(=O)N(CCC[C@H]1C[C@]1(C(=O)O)c1cn(-c2ccccc2Cl)cn1)C(=O)OC(C)(C)C. The smallest absolute Gasteiger partial charge is 0.419 e. The Morgan fingerprint density at radius 2 is 1.69 bits per heavy atom. The van der Waals surface area contributed by atoms with Crippen molar-refractivity contribution in [1.82, 2.24) is 14.5 Å². The molecule has 2 atom stereocenters. The highest BCUT2D eigenvalue weighted by Crippen LogP contribution is 2.56. The number of nitrogens with zero attached hydrogens (tertiary/aromatic N) is 3. The van der Waals surface area contributed by atoms with Crippen molar-refractivity contribution in [3.8, 4) is 5.69 Å². The maximum atomic E-state index is 12.7. The molecule has 0 saturated heterocycles. The molecule has 1 heterocycles.